The highest BCUT2D eigenvalue weighted by Crippen LogP contribution is 2.47. The van der Waals surface area contributed by atoms with Crippen LogP contribution in [0, 0.1) is 22.7 Å². The summed E-state index contributed by atoms with van der Waals surface area (Å²) < 4.78 is 13.0. The molecule has 0 spiro atoms. The topological polar surface area (TPSA) is 73.9 Å². The first-order chi connectivity index (χ1) is 17.7. The molecular weight excluding hydrogens is 444 g/mol. The molecule has 6 aromatic rings. The van der Waals surface area contributed by atoms with Crippen LogP contribution >= 0.6 is 0 Å². The highest BCUT2D eigenvalue weighted by molar-refractivity contribution is 6.19. The van der Waals surface area contributed by atoms with E-state index in [4.69, 9.17) is 8.83 Å². The molecule has 0 radical (unpaired) electrons. The third kappa shape index (κ3) is 2.46. The van der Waals surface area contributed by atoms with Gasteiger partial charge in [0.2, 0.25) is 0 Å². The number of furan rings is 2. The van der Waals surface area contributed by atoms with E-state index in [-0.39, 0.29) is 0 Å². The van der Waals surface area contributed by atoms with Crippen LogP contribution in [0.3, 0.4) is 0 Å². The van der Waals surface area contributed by atoms with Crippen molar-refractivity contribution in [2.45, 2.75) is 25.7 Å². The molecule has 2 aromatic heterocycles. The Morgan fingerprint density at radius 3 is 1.42 bits per heavy atom. The lowest BCUT2D eigenvalue weighted by Gasteiger charge is -2.15. The van der Waals surface area contributed by atoms with Gasteiger partial charge in [0.15, 0.2) is 0 Å². The number of hydrogen-bond donors (Lipinski definition) is 0. The van der Waals surface area contributed by atoms with E-state index in [0.29, 0.717) is 11.1 Å². The molecule has 36 heavy (non-hydrogen) atoms. The predicted molar refractivity (Wildman–Crippen MR) is 139 cm³/mol. The maximum atomic E-state index is 9.32. The summed E-state index contributed by atoms with van der Waals surface area (Å²) in [4.78, 5) is 0. The van der Waals surface area contributed by atoms with Gasteiger partial charge in [-0.3, -0.25) is 0 Å². The van der Waals surface area contributed by atoms with Crippen molar-refractivity contribution in [1.82, 2.24) is 0 Å². The smallest absolute Gasteiger partial charge is 0.142 e. The molecule has 2 aliphatic rings. The van der Waals surface area contributed by atoms with Crippen LogP contribution in [-0.2, 0) is 25.7 Å². The van der Waals surface area contributed by atoms with Gasteiger partial charge in [-0.25, -0.2) is 0 Å². The Morgan fingerprint density at radius 1 is 0.528 bits per heavy atom. The second-order valence-corrected chi connectivity index (χ2v) is 9.75. The van der Waals surface area contributed by atoms with Gasteiger partial charge >= 0.3 is 0 Å². The molecule has 2 heterocycles. The molecule has 0 unspecified atom stereocenters. The van der Waals surface area contributed by atoms with Crippen molar-refractivity contribution in [3.63, 3.8) is 0 Å². The molecule has 4 heteroatoms. The van der Waals surface area contributed by atoms with Gasteiger partial charge in [0.05, 0.1) is 23.3 Å². The number of fused-ring (bicyclic) bond motifs is 13. The lowest BCUT2D eigenvalue weighted by atomic mass is 9.86. The third-order valence-corrected chi connectivity index (χ3v) is 7.90. The van der Waals surface area contributed by atoms with Crippen molar-refractivity contribution in [3.05, 3.63) is 94.4 Å². The number of rotatable bonds is 0. The van der Waals surface area contributed by atoms with E-state index in [2.05, 4.69) is 48.5 Å². The maximum absolute atomic E-state index is 9.32. The average Bonchev–Trinajstić information content (AvgIpc) is 3.51. The first-order valence-corrected chi connectivity index (χ1v) is 12.2. The van der Waals surface area contributed by atoms with E-state index in [1.54, 1.807) is 0 Å². The molecule has 0 aliphatic heterocycles. The summed E-state index contributed by atoms with van der Waals surface area (Å²) in [6.07, 6.45) is 3.40. The van der Waals surface area contributed by atoms with Crippen molar-refractivity contribution in [2.24, 2.45) is 0 Å². The Hall–Kier alpha value is -4.80. The lowest BCUT2D eigenvalue weighted by molar-refractivity contribution is 0.546. The maximum Gasteiger partial charge on any atom is 0.142 e. The predicted octanol–water partition coefficient (Wildman–Crippen LogP) is 7.61. The van der Waals surface area contributed by atoms with Gasteiger partial charge in [0.25, 0.3) is 0 Å². The zero-order valence-electron chi connectivity index (χ0n) is 19.3. The minimum Gasteiger partial charge on any atom is -0.460 e. The minimum absolute atomic E-state index is 0.699. The highest BCUT2D eigenvalue weighted by atomic mass is 16.3. The Balaban J connectivity index is 1.37. The molecule has 8 rings (SSSR count). The molecule has 0 atom stereocenters. The zero-order valence-corrected chi connectivity index (χ0v) is 19.3. The van der Waals surface area contributed by atoms with E-state index >= 15 is 0 Å². The van der Waals surface area contributed by atoms with Crippen LogP contribution in [0.2, 0.25) is 0 Å². The number of nitrogens with zero attached hydrogens (tertiary/aromatic N) is 2. The Bertz CT molecular complexity index is 1880. The minimum atomic E-state index is 0.699. The van der Waals surface area contributed by atoms with Crippen LogP contribution in [0.5, 0.6) is 0 Å². The molecule has 2 aliphatic carbocycles. The normalized spacial score (nSPS) is 13.6. The van der Waals surface area contributed by atoms with Gasteiger partial charge in [-0.1, -0.05) is 12.1 Å². The van der Waals surface area contributed by atoms with Crippen LogP contribution in [0.25, 0.3) is 55.0 Å². The zero-order chi connectivity index (χ0) is 24.0. The van der Waals surface area contributed by atoms with Crippen LogP contribution in [0.15, 0.2) is 69.5 Å². The summed E-state index contributed by atoms with van der Waals surface area (Å²) in [6.45, 7) is 0. The van der Waals surface area contributed by atoms with Gasteiger partial charge < -0.3 is 8.83 Å². The monoisotopic (exact) mass is 462 g/mol. The van der Waals surface area contributed by atoms with E-state index in [9.17, 15) is 10.5 Å². The van der Waals surface area contributed by atoms with Crippen LogP contribution in [0.4, 0.5) is 0 Å². The molecule has 0 saturated heterocycles. The Labute approximate surface area is 206 Å². The summed E-state index contributed by atoms with van der Waals surface area (Å²) in [5, 5.41) is 23.0. The molecule has 0 bridgehead atoms. The van der Waals surface area contributed by atoms with Crippen molar-refractivity contribution < 1.29 is 8.83 Å². The second kappa shape index (κ2) is 6.87. The van der Waals surface area contributed by atoms with E-state index in [0.717, 1.165) is 92.2 Å². The number of aryl methyl sites for hydroxylation is 4. The summed E-state index contributed by atoms with van der Waals surface area (Å²) in [6, 6.07) is 25.0. The largest absolute Gasteiger partial charge is 0.460 e. The molecule has 0 amide bonds. The van der Waals surface area contributed by atoms with Gasteiger partial charge in [-0.05, 0) is 83.6 Å². The van der Waals surface area contributed by atoms with Gasteiger partial charge in [0.1, 0.15) is 22.7 Å². The molecule has 0 N–H and O–H groups in total. The molecule has 4 aromatic carbocycles. The third-order valence-electron chi connectivity index (χ3n) is 7.90. The highest BCUT2D eigenvalue weighted by Gasteiger charge is 2.27. The van der Waals surface area contributed by atoms with Crippen molar-refractivity contribution in [1.29, 1.82) is 10.5 Å². The average molecular weight is 463 g/mol. The van der Waals surface area contributed by atoms with Gasteiger partial charge in [-0.2, -0.15) is 10.5 Å². The fourth-order valence-electron chi connectivity index (χ4n) is 6.28. The van der Waals surface area contributed by atoms with Crippen LogP contribution < -0.4 is 0 Å². The number of nitriles is 2. The van der Waals surface area contributed by atoms with E-state index < -0.39 is 0 Å². The van der Waals surface area contributed by atoms with Gasteiger partial charge in [0, 0.05) is 45.5 Å². The first-order valence-electron chi connectivity index (χ1n) is 12.2. The summed E-state index contributed by atoms with van der Waals surface area (Å²) in [5.74, 6) is 2.02. The standard InChI is InChI=1S/C32H18N2O2/c33-15-17-1-5-21-19(13-17)3-11-27-29(21)25-9-7-24-23(31(25)35-27)8-10-26-30-22-6-2-18(16-34)14-20(22)4-12-28(30)36-32(24)26/h1-2,5-10,13-14H,3-4,11-12H2. The number of hydrogen-bond acceptors (Lipinski definition) is 4. The number of benzene rings is 4. The summed E-state index contributed by atoms with van der Waals surface area (Å²) in [7, 11) is 0. The fourth-order valence-corrected chi connectivity index (χ4v) is 6.28. The molecule has 0 saturated carbocycles. The van der Waals surface area contributed by atoms with E-state index in [1.165, 1.54) is 11.1 Å². The quantitative estimate of drug-likeness (QED) is 0.233. The molecule has 4 nitrogen and oxygen atoms in total. The van der Waals surface area contributed by atoms with Crippen molar-refractivity contribution in [2.75, 3.05) is 0 Å². The summed E-state index contributed by atoms with van der Waals surface area (Å²) >= 11 is 0. The van der Waals surface area contributed by atoms with Crippen LogP contribution in [-0.4, -0.2) is 0 Å². The Morgan fingerprint density at radius 2 is 0.972 bits per heavy atom. The van der Waals surface area contributed by atoms with Crippen LogP contribution in [0.1, 0.15) is 33.8 Å². The molecule has 0 fully saturated rings. The van der Waals surface area contributed by atoms with Gasteiger partial charge in [-0.15, -0.1) is 0 Å². The Kier molecular flexibility index (Phi) is 3.72. The first kappa shape index (κ1) is 19.5. The molecule has 168 valence electrons. The van der Waals surface area contributed by atoms with E-state index in [1.807, 2.05) is 24.3 Å². The fraction of sp³-hybridized carbons (Fsp3) is 0.125. The molecular formula is C32H18N2O2. The SMILES string of the molecule is N#Cc1ccc2c(c1)CCc1oc3c(ccc4c3ccc3c5c(oc34)CCc3cc(C#N)ccc3-5)c1-2. The lowest BCUT2D eigenvalue weighted by Crippen LogP contribution is -2.02. The second-order valence-electron chi connectivity index (χ2n) is 9.75. The van der Waals surface area contributed by atoms with Crippen molar-refractivity contribution in [3.8, 4) is 34.4 Å². The summed E-state index contributed by atoms with van der Waals surface area (Å²) in [5.41, 5.74) is 10.2. The van der Waals surface area contributed by atoms with Crippen molar-refractivity contribution >= 4 is 32.7 Å².